The molecule has 1 atom stereocenters. The molecule has 8 nitrogen and oxygen atoms in total. The standard InChI is InChI=1S/C29H38ClN7OS/c1-18-19(2)39-28-25(18)26(21-7-9-22(30)10-8-21)32-23(27-34-33-20(3)37(27)28)17-24(38)31-11-12-35-13-15-36(16-14-35)29(4,5)6/h7-10,23H,11-17H2,1-6H3,(H,31,38)/t23-/m0/s1. The van der Waals surface area contributed by atoms with Crippen LogP contribution in [0.4, 0.5) is 0 Å². The van der Waals surface area contributed by atoms with Crippen molar-refractivity contribution in [2.45, 2.75) is 59.5 Å². The van der Waals surface area contributed by atoms with Gasteiger partial charge in [-0.15, -0.1) is 21.5 Å². The summed E-state index contributed by atoms with van der Waals surface area (Å²) in [5, 5.41) is 13.8. The lowest BCUT2D eigenvalue weighted by molar-refractivity contribution is -0.121. The van der Waals surface area contributed by atoms with E-state index in [0.29, 0.717) is 17.4 Å². The molecule has 10 heteroatoms. The maximum Gasteiger partial charge on any atom is 0.222 e. The van der Waals surface area contributed by atoms with E-state index >= 15 is 0 Å². The Hall–Kier alpha value is -2.59. The Morgan fingerprint density at radius 1 is 1.08 bits per heavy atom. The molecule has 4 heterocycles. The highest BCUT2D eigenvalue weighted by atomic mass is 35.5. The van der Waals surface area contributed by atoms with Crippen LogP contribution in [0.3, 0.4) is 0 Å². The molecule has 0 saturated carbocycles. The normalized spacial score (nSPS) is 18.3. The van der Waals surface area contributed by atoms with Gasteiger partial charge < -0.3 is 5.32 Å². The molecule has 5 rings (SSSR count). The Kier molecular flexibility index (Phi) is 7.97. The van der Waals surface area contributed by atoms with Crippen molar-refractivity contribution in [3.63, 3.8) is 0 Å². The Labute approximate surface area is 240 Å². The molecule has 2 aliphatic heterocycles. The Bertz CT molecular complexity index is 1380. The number of piperazine rings is 1. The number of rotatable bonds is 6. The maximum atomic E-state index is 13.2. The summed E-state index contributed by atoms with van der Waals surface area (Å²) in [6, 6.07) is 7.30. The Balaban J connectivity index is 1.35. The van der Waals surface area contributed by atoms with Crippen LogP contribution in [0.15, 0.2) is 29.3 Å². The highest BCUT2D eigenvalue weighted by molar-refractivity contribution is 7.15. The van der Waals surface area contributed by atoms with Crippen molar-refractivity contribution in [3.05, 3.63) is 62.5 Å². The van der Waals surface area contributed by atoms with E-state index in [2.05, 4.69) is 64.5 Å². The van der Waals surface area contributed by atoms with E-state index in [1.54, 1.807) is 11.3 Å². The van der Waals surface area contributed by atoms with E-state index in [4.69, 9.17) is 16.6 Å². The number of nitrogens with one attached hydrogen (secondary N) is 1. The molecule has 2 aromatic heterocycles. The van der Waals surface area contributed by atoms with Gasteiger partial charge in [0.1, 0.15) is 16.9 Å². The number of benzene rings is 1. The summed E-state index contributed by atoms with van der Waals surface area (Å²) in [7, 11) is 0. The number of thiophene rings is 1. The van der Waals surface area contributed by atoms with Crippen molar-refractivity contribution >= 4 is 34.6 Å². The average molecular weight is 568 g/mol. The van der Waals surface area contributed by atoms with Crippen molar-refractivity contribution < 1.29 is 4.79 Å². The molecule has 0 bridgehead atoms. The lowest BCUT2D eigenvalue weighted by Gasteiger charge is -2.42. The van der Waals surface area contributed by atoms with Gasteiger partial charge >= 0.3 is 0 Å². The summed E-state index contributed by atoms with van der Waals surface area (Å²) >= 11 is 7.92. The summed E-state index contributed by atoms with van der Waals surface area (Å²) in [6.45, 7) is 18.6. The number of aromatic nitrogens is 3. The van der Waals surface area contributed by atoms with Gasteiger partial charge in [-0.05, 0) is 59.2 Å². The molecule has 1 fully saturated rings. The van der Waals surface area contributed by atoms with Gasteiger partial charge in [-0.1, -0.05) is 23.7 Å². The zero-order valence-corrected chi connectivity index (χ0v) is 25.3. The van der Waals surface area contributed by atoms with Crippen LogP contribution in [0.1, 0.15) is 66.5 Å². The monoisotopic (exact) mass is 567 g/mol. The van der Waals surface area contributed by atoms with Gasteiger partial charge in [-0.2, -0.15) is 0 Å². The molecule has 0 unspecified atom stereocenters. The van der Waals surface area contributed by atoms with Crippen molar-refractivity contribution in [3.8, 4) is 5.00 Å². The molecule has 208 valence electrons. The average Bonchev–Trinajstić information content (AvgIpc) is 3.36. The molecule has 0 spiro atoms. The predicted molar refractivity (Wildman–Crippen MR) is 159 cm³/mol. The lowest BCUT2D eigenvalue weighted by atomic mass is 9.99. The molecular weight excluding hydrogens is 530 g/mol. The fourth-order valence-corrected chi connectivity index (χ4v) is 6.72. The minimum Gasteiger partial charge on any atom is -0.355 e. The van der Waals surface area contributed by atoms with E-state index in [1.807, 2.05) is 31.2 Å². The minimum absolute atomic E-state index is 0.0297. The maximum absolute atomic E-state index is 13.2. The summed E-state index contributed by atoms with van der Waals surface area (Å²) < 4.78 is 2.08. The summed E-state index contributed by atoms with van der Waals surface area (Å²) in [6.07, 6.45) is 0.208. The number of hydrogen-bond donors (Lipinski definition) is 1. The number of fused-ring (bicyclic) bond motifs is 3. The first kappa shape index (κ1) is 28.0. The van der Waals surface area contributed by atoms with Crippen molar-refractivity contribution in [2.75, 3.05) is 39.3 Å². The molecule has 39 heavy (non-hydrogen) atoms. The second-order valence-corrected chi connectivity index (χ2v) is 13.1. The largest absolute Gasteiger partial charge is 0.355 e. The summed E-state index contributed by atoms with van der Waals surface area (Å²) in [5.41, 5.74) is 4.28. The SMILES string of the molecule is Cc1sc2c(c1C)C(c1ccc(Cl)cc1)=N[C@@H](CC(=O)NCCN1CCN(C(C)(C)C)CC1)c1nnc(C)n1-2. The number of nitrogens with zero attached hydrogens (tertiary/aromatic N) is 6. The number of aryl methyl sites for hydroxylation is 2. The highest BCUT2D eigenvalue weighted by Crippen LogP contribution is 2.39. The summed E-state index contributed by atoms with van der Waals surface area (Å²) in [4.78, 5) is 24.6. The molecule has 0 radical (unpaired) electrons. The second kappa shape index (κ2) is 11.1. The van der Waals surface area contributed by atoms with Crippen LogP contribution in [-0.4, -0.2) is 81.0 Å². The number of aliphatic imine (C=N–C) groups is 1. The number of halogens is 1. The van der Waals surface area contributed by atoms with Crippen LogP contribution < -0.4 is 5.32 Å². The predicted octanol–water partition coefficient (Wildman–Crippen LogP) is 4.72. The second-order valence-electron chi connectivity index (χ2n) is 11.5. The third-order valence-electron chi connectivity index (χ3n) is 7.81. The van der Waals surface area contributed by atoms with E-state index < -0.39 is 6.04 Å². The van der Waals surface area contributed by atoms with E-state index in [9.17, 15) is 4.79 Å². The molecule has 1 saturated heterocycles. The van der Waals surface area contributed by atoms with E-state index in [-0.39, 0.29) is 17.9 Å². The molecule has 1 aromatic carbocycles. The number of amides is 1. The third kappa shape index (κ3) is 5.82. The van der Waals surface area contributed by atoms with Gasteiger partial charge in [-0.3, -0.25) is 24.2 Å². The zero-order chi connectivity index (χ0) is 27.9. The van der Waals surface area contributed by atoms with Gasteiger partial charge in [0.15, 0.2) is 5.82 Å². The number of carbonyl (C=O) groups is 1. The van der Waals surface area contributed by atoms with Crippen LogP contribution in [0.25, 0.3) is 5.00 Å². The van der Waals surface area contributed by atoms with Gasteiger partial charge in [0.05, 0.1) is 12.1 Å². The molecular formula is C29H38ClN7OS. The van der Waals surface area contributed by atoms with Crippen molar-refractivity contribution in [1.82, 2.24) is 29.9 Å². The van der Waals surface area contributed by atoms with E-state index in [1.165, 1.54) is 10.4 Å². The van der Waals surface area contributed by atoms with Crippen molar-refractivity contribution in [1.29, 1.82) is 0 Å². The van der Waals surface area contributed by atoms with Gasteiger partial charge in [0.25, 0.3) is 0 Å². The fourth-order valence-electron chi connectivity index (χ4n) is 5.38. The quantitative estimate of drug-likeness (QED) is 0.466. The van der Waals surface area contributed by atoms with Crippen LogP contribution in [0, 0.1) is 20.8 Å². The lowest BCUT2D eigenvalue weighted by Crippen LogP contribution is -2.54. The molecule has 2 aliphatic rings. The van der Waals surface area contributed by atoms with Gasteiger partial charge in [-0.25, -0.2) is 0 Å². The van der Waals surface area contributed by atoms with E-state index in [0.717, 1.165) is 60.4 Å². The first-order valence-electron chi connectivity index (χ1n) is 13.6. The fraction of sp³-hybridized carbons (Fsp3) is 0.517. The van der Waals surface area contributed by atoms with Crippen LogP contribution in [0.2, 0.25) is 5.02 Å². The van der Waals surface area contributed by atoms with Crippen LogP contribution >= 0.6 is 22.9 Å². The smallest absolute Gasteiger partial charge is 0.222 e. The first-order valence-corrected chi connectivity index (χ1v) is 14.8. The highest BCUT2D eigenvalue weighted by Gasteiger charge is 2.32. The first-order chi connectivity index (χ1) is 18.5. The zero-order valence-electron chi connectivity index (χ0n) is 23.7. The summed E-state index contributed by atoms with van der Waals surface area (Å²) in [5.74, 6) is 1.46. The van der Waals surface area contributed by atoms with Crippen LogP contribution in [-0.2, 0) is 4.79 Å². The Morgan fingerprint density at radius 2 is 1.77 bits per heavy atom. The number of hydrogen-bond acceptors (Lipinski definition) is 7. The molecule has 1 amide bonds. The van der Waals surface area contributed by atoms with Crippen molar-refractivity contribution in [2.24, 2.45) is 4.99 Å². The molecule has 1 N–H and O–H groups in total. The minimum atomic E-state index is -0.452. The van der Waals surface area contributed by atoms with Crippen LogP contribution in [0.5, 0.6) is 0 Å². The topological polar surface area (TPSA) is 78.7 Å². The van der Waals surface area contributed by atoms with Gasteiger partial charge in [0, 0.05) is 65.8 Å². The third-order valence-corrected chi connectivity index (χ3v) is 9.25. The van der Waals surface area contributed by atoms with Gasteiger partial charge in [0.2, 0.25) is 5.91 Å². The molecule has 3 aromatic rings. The Morgan fingerprint density at radius 3 is 2.44 bits per heavy atom. The molecule has 0 aliphatic carbocycles. The number of carbonyl (C=O) groups excluding carboxylic acids is 1.